The molecular weight excluding hydrogens is 316 g/mol. The summed E-state index contributed by atoms with van der Waals surface area (Å²) in [5.74, 6) is 1.28. The van der Waals surface area contributed by atoms with Crippen LogP contribution in [-0.4, -0.2) is 49.8 Å². The van der Waals surface area contributed by atoms with Gasteiger partial charge in [-0.15, -0.1) is 0 Å². The molecule has 0 radical (unpaired) electrons. The molecule has 3 rings (SSSR count). The Balaban J connectivity index is 1.38. The molecule has 0 bridgehead atoms. The smallest absolute Gasteiger partial charge is 0.223 e. The molecule has 2 saturated heterocycles. The molecule has 138 valence electrons. The van der Waals surface area contributed by atoms with E-state index in [0.717, 1.165) is 57.7 Å². The molecule has 1 aromatic carbocycles. The van der Waals surface area contributed by atoms with Crippen molar-refractivity contribution in [2.24, 2.45) is 5.92 Å². The number of carbonyl (C=O) groups excluding carboxylic acids is 1. The van der Waals surface area contributed by atoms with Gasteiger partial charge in [0.15, 0.2) is 0 Å². The summed E-state index contributed by atoms with van der Waals surface area (Å²) in [4.78, 5) is 14.7. The zero-order valence-corrected chi connectivity index (χ0v) is 15.2. The summed E-state index contributed by atoms with van der Waals surface area (Å²) >= 11 is 0. The minimum atomic E-state index is 0.151. The number of carbonyl (C=O) groups is 1. The van der Waals surface area contributed by atoms with E-state index in [4.69, 9.17) is 9.47 Å². The number of benzene rings is 1. The average molecular weight is 346 g/mol. The van der Waals surface area contributed by atoms with Crippen LogP contribution in [0.4, 0.5) is 0 Å². The number of hydrogen-bond donors (Lipinski definition) is 1. The lowest BCUT2D eigenvalue weighted by Gasteiger charge is -2.31. The standard InChI is InChI=1S/C20H30N2O3/c1-2-24-18-7-5-16(6-8-18)15-22-11-9-17(10-12-22)20(23)21-14-19-4-3-13-25-19/h5-8,17,19H,2-4,9-15H2,1H3,(H,21,23). The molecular formula is C20H30N2O3. The molecule has 5 nitrogen and oxygen atoms in total. The van der Waals surface area contributed by atoms with E-state index in [0.29, 0.717) is 13.2 Å². The summed E-state index contributed by atoms with van der Waals surface area (Å²) in [6.45, 7) is 7.10. The molecule has 1 amide bonds. The number of nitrogens with one attached hydrogen (secondary N) is 1. The predicted molar refractivity (Wildman–Crippen MR) is 97.6 cm³/mol. The van der Waals surface area contributed by atoms with Gasteiger partial charge in [0.05, 0.1) is 12.7 Å². The Kier molecular flexibility index (Phi) is 6.70. The average Bonchev–Trinajstić information content (AvgIpc) is 3.16. The maximum absolute atomic E-state index is 12.3. The number of piperidine rings is 1. The van der Waals surface area contributed by atoms with Gasteiger partial charge >= 0.3 is 0 Å². The van der Waals surface area contributed by atoms with Gasteiger partial charge < -0.3 is 14.8 Å². The van der Waals surface area contributed by atoms with Gasteiger partial charge in [-0.25, -0.2) is 0 Å². The van der Waals surface area contributed by atoms with Crippen LogP contribution in [0.15, 0.2) is 24.3 Å². The molecule has 1 aromatic rings. The van der Waals surface area contributed by atoms with Gasteiger partial charge in [-0.3, -0.25) is 9.69 Å². The Hall–Kier alpha value is -1.59. The first-order valence-corrected chi connectivity index (χ1v) is 9.58. The Labute approximate surface area is 150 Å². The maximum Gasteiger partial charge on any atom is 0.223 e. The molecule has 1 unspecified atom stereocenters. The van der Waals surface area contributed by atoms with Crippen molar-refractivity contribution < 1.29 is 14.3 Å². The van der Waals surface area contributed by atoms with Crippen LogP contribution in [0.5, 0.6) is 5.75 Å². The van der Waals surface area contributed by atoms with Crippen molar-refractivity contribution >= 4 is 5.91 Å². The third-order valence-corrected chi connectivity index (χ3v) is 5.13. The van der Waals surface area contributed by atoms with E-state index in [9.17, 15) is 4.79 Å². The van der Waals surface area contributed by atoms with Crippen molar-refractivity contribution in [2.45, 2.75) is 45.3 Å². The van der Waals surface area contributed by atoms with Crippen LogP contribution in [-0.2, 0) is 16.1 Å². The zero-order chi connectivity index (χ0) is 17.5. The Morgan fingerprint density at radius 2 is 2.00 bits per heavy atom. The minimum absolute atomic E-state index is 0.151. The van der Waals surface area contributed by atoms with Crippen LogP contribution in [0.2, 0.25) is 0 Å². The topological polar surface area (TPSA) is 50.8 Å². The molecule has 25 heavy (non-hydrogen) atoms. The fourth-order valence-electron chi connectivity index (χ4n) is 3.63. The highest BCUT2D eigenvalue weighted by molar-refractivity contribution is 5.78. The molecule has 0 aliphatic carbocycles. The van der Waals surface area contributed by atoms with Crippen LogP contribution in [0.1, 0.15) is 38.2 Å². The summed E-state index contributed by atoms with van der Waals surface area (Å²) in [6, 6.07) is 8.32. The zero-order valence-electron chi connectivity index (χ0n) is 15.2. The number of amides is 1. The van der Waals surface area contributed by atoms with Crippen LogP contribution in [0, 0.1) is 5.92 Å². The summed E-state index contributed by atoms with van der Waals surface area (Å²) < 4.78 is 11.0. The summed E-state index contributed by atoms with van der Waals surface area (Å²) in [5.41, 5.74) is 1.30. The Morgan fingerprint density at radius 3 is 2.64 bits per heavy atom. The van der Waals surface area contributed by atoms with Gasteiger partial charge in [0.1, 0.15) is 5.75 Å². The maximum atomic E-state index is 12.3. The van der Waals surface area contributed by atoms with E-state index in [1.165, 1.54) is 5.56 Å². The quantitative estimate of drug-likeness (QED) is 0.824. The highest BCUT2D eigenvalue weighted by Crippen LogP contribution is 2.21. The van der Waals surface area contributed by atoms with E-state index in [-0.39, 0.29) is 17.9 Å². The second kappa shape index (κ2) is 9.20. The van der Waals surface area contributed by atoms with Crippen molar-refractivity contribution in [2.75, 3.05) is 32.8 Å². The molecule has 0 aromatic heterocycles. The second-order valence-electron chi connectivity index (χ2n) is 7.01. The fraction of sp³-hybridized carbons (Fsp3) is 0.650. The fourth-order valence-corrected chi connectivity index (χ4v) is 3.63. The SMILES string of the molecule is CCOc1ccc(CN2CCC(C(=O)NCC3CCCO3)CC2)cc1. The second-order valence-corrected chi connectivity index (χ2v) is 7.01. The van der Waals surface area contributed by atoms with Gasteiger partial charge in [-0.05, 0) is 63.4 Å². The lowest BCUT2D eigenvalue weighted by Crippen LogP contribution is -2.42. The van der Waals surface area contributed by atoms with E-state index >= 15 is 0 Å². The summed E-state index contributed by atoms with van der Waals surface area (Å²) in [6.07, 6.45) is 4.29. The molecule has 0 saturated carbocycles. The normalized spacial score (nSPS) is 22.0. The van der Waals surface area contributed by atoms with Crippen LogP contribution >= 0.6 is 0 Å². The van der Waals surface area contributed by atoms with E-state index in [1.54, 1.807) is 0 Å². The van der Waals surface area contributed by atoms with Crippen LogP contribution < -0.4 is 10.1 Å². The first-order valence-electron chi connectivity index (χ1n) is 9.58. The predicted octanol–water partition coefficient (Wildman–Crippen LogP) is 2.59. The van der Waals surface area contributed by atoms with Crippen molar-refractivity contribution in [3.63, 3.8) is 0 Å². The summed E-state index contributed by atoms with van der Waals surface area (Å²) in [5, 5.41) is 3.08. The van der Waals surface area contributed by atoms with E-state index in [1.807, 2.05) is 19.1 Å². The van der Waals surface area contributed by atoms with Gasteiger partial charge in [0.25, 0.3) is 0 Å². The van der Waals surface area contributed by atoms with E-state index < -0.39 is 0 Å². The molecule has 2 fully saturated rings. The van der Waals surface area contributed by atoms with E-state index in [2.05, 4.69) is 22.3 Å². The molecule has 1 atom stereocenters. The van der Waals surface area contributed by atoms with Crippen LogP contribution in [0.3, 0.4) is 0 Å². The number of nitrogens with zero attached hydrogens (tertiary/aromatic N) is 1. The van der Waals surface area contributed by atoms with Crippen molar-refractivity contribution in [1.82, 2.24) is 10.2 Å². The third-order valence-electron chi connectivity index (χ3n) is 5.13. The third kappa shape index (κ3) is 5.44. The molecule has 1 N–H and O–H groups in total. The monoisotopic (exact) mass is 346 g/mol. The lowest BCUT2D eigenvalue weighted by molar-refractivity contribution is -0.127. The van der Waals surface area contributed by atoms with Gasteiger partial charge in [-0.2, -0.15) is 0 Å². The Morgan fingerprint density at radius 1 is 1.24 bits per heavy atom. The van der Waals surface area contributed by atoms with Gasteiger partial charge in [0.2, 0.25) is 5.91 Å². The first-order chi connectivity index (χ1) is 12.2. The molecule has 5 heteroatoms. The number of hydrogen-bond acceptors (Lipinski definition) is 4. The highest BCUT2D eigenvalue weighted by atomic mass is 16.5. The largest absolute Gasteiger partial charge is 0.494 e. The Bertz CT molecular complexity index is 532. The molecule has 0 spiro atoms. The van der Waals surface area contributed by atoms with Gasteiger partial charge in [-0.1, -0.05) is 12.1 Å². The first kappa shape index (κ1) is 18.2. The lowest BCUT2D eigenvalue weighted by atomic mass is 9.95. The number of likely N-dealkylation sites (tertiary alicyclic amines) is 1. The van der Waals surface area contributed by atoms with Crippen molar-refractivity contribution in [3.05, 3.63) is 29.8 Å². The molecule has 2 aliphatic heterocycles. The minimum Gasteiger partial charge on any atom is -0.494 e. The molecule has 2 aliphatic rings. The molecule has 2 heterocycles. The van der Waals surface area contributed by atoms with Crippen molar-refractivity contribution in [3.8, 4) is 5.75 Å². The number of rotatable bonds is 7. The van der Waals surface area contributed by atoms with Crippen LogP contribution in [0.25, 0.3) is 0 Å². The summed E-state index contributed by atoms with van der Waals surface area (Å²) in [7, 11) is 0. The number of ether oxygens (including phenoxy) is 2. The van der Waals surface area contributed by atoms with Crippen molar-refractivity contribution in [1.29, 1.82) is 0 Å². The van der Waals surface area contributed by atoms with Gasteiger partial charge in [0, 0.05) is 25.6 Å². The highest BCUT2D eigenvalue weighted by Gasteiger charge is 2.26.